The number of amides is 1. The van der Waals surface area contributed by atoms with Crippen molar-refractivity contribution in [3.63, 3.8) is 0 Å². The normalized spacial score (nSPS) is 11.0. The highest BCUT2D eigenvalue weighted by molar-refractivity contribution is 7.23. The highest BCUT2D eigenvalue weighted by atomic mass is 32.1. The van der Waals surface area contributed by atoms with E-state index < -0.39 is 0 Å². The van der Waals surface area contributed by atoms with Crippen LogP contribution in [-0.2, 0) is 6.61 Å². The quantitative estimate of drug-likeness (QED) is 0.388. The van der Waals surface area contributed by atoms with Gasteiger partial charge in [-0.25, -0.2) is 4.98 Å². The Morgan fingerprint density at radius 2 is 1.88 bits per heavy atom. The number of carbonyl (C=O) groups is 1. The van der Waals surface area contributed by atoms with Crippen LogP contribution in [0.5, 0.6) is 17.2 Å². The van der Waals surface area contributed by atoms with Crippen molar-refractivity contribution in [2.75, 3.05) is 19.5 Å². The van der Waals surface area contributed by atoms with Gasteiger partial charge in [-0.05, 0) is 30.3 Å². The molecule has 0 aliphatic heterocycles. The predicted octanol–water partition coefficient (Wildman–Crippen LogP) is 4.19. The fourth-order valence-electron chi connectivity index (χ4n) is 3.25. The van der Waals surface area contributed by atoms with Gasteiger partial charge in [0.15, 0.2) is 4.96 Å². The summed E-state index contributed by atoms with van der Waals surface area (Å²) in [5, 5.41) is 2.79. The number of carbonyl (C=O) groups excluding carboxylic acids is 1. The highest BCUT2D eigenvalue weighted by Crippen LogP contribution is 2.30. The first-order valence-corrected chi connectivity index (χ1v) is 10.8. The van der Waals surface area contributed by atoms with Crippen molar-refractivity contribution in [3.05, 3.63) is 72.6 Å². The summed E-state index contributed by atoms with van der Waals surface area (Å²) in [6.45, 7) is 0.349. The van der Waals surface area contributed by atoms with E-state index in [0.717, 1.165) is 21.7 Å². The van der Waals surface area contributed by atoms with E-state index in [-0.39, 0.29) is 5.91 Å². The zero-order valence-electron chi connectivity index (χ0n) is 17.8. The lowest BCUT2D eigenvalue weighted by Gasteiger charge is -2.06. The fourth-order valence-corrected chi connectivity index (χ4v) is 4.29. The Balaban J connectivity index is 1.32. The number of imidazole rings is 1. The van der Waals surface area contributed by atoms with Crippen LogP contribution in [0.4, 0.5) is 5.69 Å². The van der Waals surface area contributed by atoms with E-state index in [0.29, 0.717) is 34.4 Å². The SMILES string of the molecule is COc1ccc(COc2ccc3c(c2)sc2nc(C(=O)Nc4cncc(OC)c4)cn23)nc1. The van der Waals surface area contributed by atoms with Crippen LogP contribution in [0.1, 0.15) is 16.2 Å². The molecule has 0 spiro atoms. The molecule has 1 N–H and O–H groups in total. The molecule has 0 saturated heterocycles. The van der Waals surface area contributed by atoms with Crippen LogP contribution in [0, 0.1) is 0 Å². The largest absolute Gasteiger partial charge is 0.495 e. The van der Waals surface area contributed by atoms with Crippen LogP contribution in [0.15, 0.2) is 61.2 Å². The standard InChI is InChI=1S/C23H19N5O4S/c1-30-17-4-3-14(25-11-17)13-32-16-5-6-20-21(8-16)33-23-27-19(12-28(20)23)22(29)26-15-7-18(31-2)10-24-9-15/h3-12H,13H2,1-2H3,(H,26,29). The van der Waals surface area contributed by atoms with Gasteiger partial charge in [0.05, 0.1) is 54.4 Å². The van der Waals surface area contributed by atoms with E-state index in [1.165, 1.54) is 11.3 Å². The third-order valence-electron chi connectivity index (χ3n) is 4.93. The van der Waals surface area contributed by atoms with E-state index in [1.54, 1.807) is 45.1 Å². The molecule has 0 unspecified atom stereocenters. The van der Waals surface area contributed by atoms with Crippen LogP contribution in [0.25, 0.3) is 15.2 Å². The van der Waals surface area contributed by atoms with Gasteiger partial charge in [-0.3, -0.25) is 19.2 Å². The topological polar surface area (TPSA) is 99.9 Å². The van der Waals surface area contributed by atoms with E-state index in [4.69, 9.17) is 14.2 Å². The van der Waals surface area contributed by atoms with Crippen molar-refractivity contribution in [2.45, 2.75) is 6.61 Å². The number of nitrogens with zero attached hydrogens (tertiary/aromatic N) is 4. The van der Waals surface area contributed by atoms with Gasteiger partial charge in [0, 0.05) is 12.3 Å². The molecule has 0 atom stereocenters. The fraction of sp³-hybridized carbons (Fsp3) is 0.130. The first-order chi connectivity index (χ1) is 16.1. The Bertz CT molecular complexity index is 1440. The van der Waals surface area contributed by atoms with Gasteiger partial charge < -0.3 is 19.5 Å². The monoisotopic (exact) mass is 461 g/mol. The molecule has 0 fully saturated rings. The number of anilines is 1. The molecule has 4 aromatic heterocycles. The summed E-state index contributed by atoms with van der Waals surface area (Å²) in [4.78, 5) is 26.2. The molecule has 33 heavy (non-hydrogen) atoms. The van der Waals surface area contributed by atoms with Crippen molar-refractivity contribution < 1.29 is 19.0 Å². The molecule has 0 saturated carbocycles. The van der Waals surface area contributed by atoms with Gasteiger partial charge in [-0.15, -0.1) is 0 Å². The molecule has 9 nitrogen and oxygen atoms in total. The molecule has 0 aliphatic carbocycles. The average Bonchev–Trinajstić information content (AvgIpc) is 3.41. The first-order valence-electron chi connectivity index (χ1n) is 9.97. The van der Waals surface area contributed by atoms with E-state index in [2.05, 4.69) is 20.3 Å². The second-order valence-electron chi connectivity index (χ2n) is 7.06. The molecule has 166 valence electrons. The van der Waals surface area contributed by atoms with Gasteiger partial charge >= 0.3 is 0 Å². The summed E-state index contributed by atoms with van der Waals surface area (Å²) in [5.41, 5.74) is 2.60. The zero-order chi connectivity index (χ0) is 22.8. The number of hydrogen-bond donors (Lipinski definition) is 1. The minimum absolute atomic E-state index is 0.317. The Labute approximate surface area is 192 Å². The molecule has 5 aromatic rings. The number of methoxy groups -OCH3 is 2. The number of fused-ring (bicyclic) bond motifs is 3. The maximum absolute atomic E-state index is 12.6. The van der Waals surface area contributed by atoms with Gasteiger partial charge in [-0.2, -0.15) is 0 Å². The summed E-state index contributed by atoms with van der Waals surface area (Å²) < 4.78 is 19.0. The van der Waals surface area contributed by atoms with Crippen LogP contribution in [0.2, 0.25) is 0 Å². The lowest BCUT2D eigenvalue weighted by molar-refractivity contribution is 0.102. The molecular formula is C23H19N5O4S. The Morgan fingerprint density at radius 3 is 2.67 bits per heavy atom. The summed E-state index contributed by atoms with van der Waals surface area (Å²) in [7, 11) is 3.15. The Morgan fingerprint density at radius 1 is 1.03 bits per heavy atom. The summed E-state index contributed by atoms with van der Waals surface area (Å²) in [5.74, 6) is 1.68. The Kier molecular flexibility index (Phi) is 5.49. The maximum atomic E-state index is 12.6. The number of ether oxygens (including phenoxy) is 3. The van der Waals surface area contributed by atoms with Crippen LogP contribution in [-0.4, -0.2) is 39.5 Å². The van der Waals surface area contributed by atoms with Crippen LogP contribution in [0.3, 0.4) is 0 Å². The maximum Gasteiger partial charge on any atom is 0.275 e. The summed E-state index contributed by atoms with van der Waals surface area (Å²) in [6, 6.07) is 11.2. The lowest BCUT2D eigenvalue weighted by Crippen LogP contribution is -2.12. The van der Waals surface area contributed by atoms with E-state index in [9.17, 15) is 4.79 Å². The molecule has 5 rings (SSSR count). The molecule has 10 heteroatoms. The molecule has 0 aliphatic rings. The van der Waals surface area contributed by atoms with Crippen LogP contribution >= 0.6 is 11.3 Å². The molecular weight excluding hydrogens is 442 g/mol. The number of hydrogen-bond acceptors (Lipinski definition) is 8. The van der Waals surface area contributed by atoms with Gasteiger partial charge in [0.1, 0.15) is 29.5 Å². The molecule has 0 radical (unpaired) electrons. The van der Waals surface area contributed by atoms with E-state index >= 15 is 0 Å². The number of benzene rings is 1. The molecule has 4 heterocycles. The minimum Gasteiger partial charge on any atom is -0.495 e. The number of thiazole rings is 1. The number of aromatic nitrogens is 4. The van der Waals surface area contributed by atoms with Gasteiger partial charge in [0.2, 0.25) is 0 Å². The van der Waals surface area contributed by atoms with Crippen LogP contribution < -0.4 is 19.5 Å². The number of pyridine rings is 2. The van der Waals surface area contributed by atoms with Gasteiger partial charge in [-0.1, -0.05) is 11.3 Å². The third-order valence-corrected chi connectivity index (χ3v) is 5.94. The number of rotatable bonds is 7. The summed E-state index contributed by atoms with van der Waals surface area (Å²) >= 11 is 1.48. The van der Waals surface area contributed by atoms with Crippen molar-refractivity contribution in [1.82, 2.24) is 19.4 Å². The Hall–Kier alpha value is -4.18. The highest BCUT2D eigenvalue weighted by Gasteiger charge is 2.15. The van der Waals surface area contributed by atoms with Crippen molar-refractivity contribution >= 4 is 38.1 Å². The molecule has 1 aromatic carbocycles. The third kappa shape index (κ3) is 4.28. The summed E-state index contributed by atoms with van der Waals surface area (Å²) in [6.07, 6.45) is 6.50. The van der Waals surface area contributed by atoms with Crippen molar-refractivity contribution in [2.24, 2.45) is 0 Å². The predicted molar refractivity (Wildman–Crippen MR) is 124 cm³/mol. The molecule has 0 bridgehead atoms. The average molecular weight is 462 g/mol. The number of nitrogens with one attached hydrogen (secondary N) is 1. The second kappa shape index (κ2) is 8.75. The van der Waals surface area contributed by atoms with Crippen molar-refractivity contribution in [1.29, 1.82) is 0 Å². The first kappa shape index (κ1) is 20.7. The smallest absolute Gasteiger partial charge is 0.275 e. The van der Waals surface area contributed by atoms with E-state index in [1.807, 2.05) is 34.7 Å². The van der Waals surface area contributed by atoms with Gasteiger partial charge in [0.25, 0.3) is 5.91 Å². The van der Waals surface area contributed by atoms with Crippen molar-refractivity contribution in [3.8, 4) is 17.2 Å². The molecule has 1 amide bonds. The second-order valence-corrected chi connectivity index (χ2v) is 8.07. The lowest BCUT2D eigenvalue weighted by atomic mass is 10.3. The minimum atomic E-state index is -0.318. The zero-order valence-corrected chi connectivity index (χ0v) is 18.6.